The average Bonchev–Trinajstić information content (AvgIpc) is 2.10. The van der Waals surface area contributed by atoms with Gasteiger partial charge < -0.3 is 4.74 Å². The van der Waals surface area contributed by atoms with Gasteiger partial charge in [-0.2, -0.15) is 0 Å². The molecular weight excluding hydrogens is 207 g/mol. The largest absolute Gasteiger partial charge is 0.469 e. The van der Waals surface area contributed by atoms with Crippen molar-refractivity contribution in [1.29, 1.82) is 0 Å². The lowest BCUT2D eigenvalue weighted by molar-refractivity contribution is -0.139. The second kappa shape index (κ2) is 4.42. The first kappa shape index (κ1) is 11.0. The highest BCUT2D eigenvalue weighted by molar-refractivity contribution is 6.30. The summed E-state index contributed by atoms with van der Waals surface area (Å²) in [6, 6.07) is 2.80. The van der Waals surface area contributed by atoms with Crippen LogP contribution in [-0.2, 0) is 16.0 Å². The molecule has 0 fully saturated rings. The number of hydrogen-bond acceptors (Lipinski definition) is 2. The molecule has 0 saturated heterocycles. The van der Waals surface area contributed by atoms with E-state index in [1.807, 2.05) is 0 Å². The molecule has 1 aromatic carbocycles. The molecule has 0 amide bonds. The molecule has 4 heteroatoms. The third-order valence-corrected chi connectivity index (χ3v) is 2.15. The van der Waals surface area contributed by atoms with E-state index in [-0.39, 0.29) is 6.42 Å². The molecule has 0 saturated carbocycles. The number of carbonyl (C=O) groups excluding carboxylic acids is 1. The van der Waals surface area contributed by atoms with Gasteiger partial charge in [0.25, 0.3) is 0 Å². The van der Waals surface area contributed by atoms with Crippen LogP contribution in [-0.4, -0.2) is 13.1 Å². The Balaban J connectivity index is 3.02. The maximum atomic E-state index is 13.3. The summed E-state index contributed by atoms with van der Waals surface area (Å²) < 4.78 is 17.8. The minimum atomic E-state index is -0.472. The number of rotatable bonds is 2. The van der Waals surface area contributed by atoms with E-state index in [0.29, 0.717) is 16.1 Å². The maximum Gasteiger partial charge on any atom is 0.310 e. The van der Waals surface area contributed by atoms with Crippen LogP contribution in [0, 0.1) is 12.7 Å². The van der Waals surface area contributed by atoms with Crippen LogP contribution in [0.25, 0.3) is 0 Å². The number of halogens is 2. The summed E-state index contributed by atoms with van der Waals surface area (Å²) in [5, 5.41) is 0.327. The highest BCUT2D eigenvalue weighted by Crippen LogP contribution is 2.20. The minimum absolute atomic E-state index is 0.0642. The van der Waals surface area contributed by atoms with E-state index in [2.05, 4.69) is 4.74 Å². The van der Waals surface area contributed by atoms with Crippen LogP contribution in [0.3, 0.4) is 0 Å². The number of ether oxygens (including phenoxy) is 1. The molecule has 0 spiro atoms. The van der Waals surface area contributed by atoms with Gasteiger partial charge in [-0.15, -0.1) is 0 Å². The highest BCUT2D eigenvalue weighted by atomic mass is 35.5. The lowest BCUT2D eigenvalue weighted by atomic mass is 10.1. The van der Waals surface area contributed by atoms with Crippen molar-refractivity contribution in [2.24, 2.45) is 0 Å². The summed E-state index contributed by atoms with van der Waals surface area (Å²) in [6.45, 7) is 1.70. The number of methoxy groups -OCH3 is 1. The molecule has 14 heavy (non-hydrogen) atoms. The molecule has 1 rings (SSSR count). The molecule has 0 aliphatic rings. The van der Waals surface area contributed by atoms with Crippen molar-refractivity contribution in [3.63, 3.8) is 0 Å². The number of carbonyl (C=O) groups is 1. The van der Waals surface area contributed by atoms with E-state index < -0.39 is 11.8 Å². The molecule has 0 N–H and O–H groups in total. The third kappa shape index (κ3) is 2.45. The normalized spacial score (nSPS) is 10.0. The first-order valence-corrected chi connectivity index (χ1v) is 4.43. The second-order valence-corrected chi connectivity index (χ2v) is 3.37. The lowest BCUT2D eigenvalue weighted by Crippen LogP contribution is -2.07. The number of aryl methyl sites for hydroxylation is 1. The van der Waals surface area contributed by atoms with E-state index >= 15 is 0 Å². The summed E-state index contributed by atoms with van der Waals surface area (Å²) in [5.41, 5.74) is 0.988. The number of benzene rings is 1. The van der Waals surface area contributed by atoms with E-state index in [1.165, 1.54) is 13.2 Å². The molecule has 0 aliphatic heterocycles. The van der Waals surface area contributed by atoms with Crippen molar-refractivity contribution >= 4 is 17.6 Å². The molecule has 0 atom stereocenters. The van der Waals surface area contributed by atoms with Gasteiger partial charge in [-0.1, -0.05) is 11.6 Å². The molecule has 0 unspecified atom stereocenters. The Morgan fingerprint density at radius 3 is 2.71 bits per heavy atom. The quantitative estimate of drug-likeness (QED) is 0.710. The number of esters is 1. The predicted molar refractivity (Wildman–Crippen MR) is 51.9 cm³/mol. The van der Waals surface area contributed by atoms with Crippen LogP contribution >= 0.6 is 11.6 Å². The Morgan fingerprint density at radius 1 is 1.57 bits per heavy atom. The molecule has 0 aliphatic carbocycles. The third-order valence-electron chi connectivity index (χ3n) is 1.93. The van der Waals surface area contributed by atoms with E-state index in [4.69, 9.17) is 11.6 Å². The summed E-state index contributed by atoms with van der Waals surface area (Å²) in [5.74, 6) is -0.935. The Morgan fingerprint density at radius 2 is 2.21 bits per heavy atom. The average molecular weight is 217 g/mol. The van der Waals surface area contributed by atoms with Gasteiger partial charge in [-0.3, -0.25) is 4.79 Å². The molecular formula is C10H10ClFO2. The van der Waals surface area contributed by atoms with Crippen LogP contribution in [0.2, 0.25) is 5.02 Å². The molecule has 0 radical (unpaired) electrons. The zero-order valence-electron chi connectivity index (χ0n) is 7.93. The van der Waals surface area contributed by atoms with Crippen molar-refractivity contribution in [2.75, 3.05) is 7.11 Å². The molecule has 0 bridgehead atoms. The van der Waals surface area contributed by atoms with Crippen LogP contribution in [0.5, 0.6) is 0 Å². The number of hydrogen-bond donors (Lipinski definition) is 0. The molecule has 76 valence electrons. The summed E-state index contributed by atoms with van der Waals surface area (Å²) >= 11 is 5.64. The van der Waals surface area contributed by atoms with Crippen molar-refractivity contribution in [2.45, 2.75) is 13.3 Å². The maximum absolute atomic E-state index is 13.3. The smallest absolute Gasteiger partial charge is 0.310 e. The van der Waals surface area contributed by atoms with Crippen molar-refractivity contribution in [3.05, 3.63) is 34.1 Å². The van der Waals surface area contributed by atoms with Gasteiger partial charge in [-0.05, 0) is 24.6 Å². The van der Waals surface area contributed by atoms with Gasteiger partial charge >= 0.3 is 5.97 Å². The van der Waals surface area contributed by atoms with Crippen molar-refractivity contribution in [1.82, 2.24) is 0 Å². The van der Waals surface area contributed by atoms with Crippen LogP contribution in [0.1, 0.15) is 11.1 Å². The zero-order valence-corrected chi connectivity index (χ0v) is 8.69. The van der Waals surface area contributed by atoms with Gasteiger partial charge in [0.2, 0.25) is 0 Å². The zero-order chi connectivity index (χ0) is 10.7. The van der Waals surface area contributed by atoms with Crippen LogP contribution < -0.4 is 0 Å². The highest BCUT2D eigenvalue weighted by Gasteiger charge is 2.11. The lowest BCUT2D eigenvalue weighted by Gasteiger charge is -2.06. The fourth-order valence-electron chi connectivity index (χ4n) is 1.17. The molecule has 1 aromatic rings. The minimum Gasteiger partial charge on any atom is -0.469 e. The first-order valence-electron chi connectivity index (χ1n) is 4.06. The first-order chi connectivity index (χ1) is 6.54. The van der Waals surface area contributed by atoms with Gasteiger partial charge in [0.05, 0.1) is 13.5 Å². The van der Waals surface area contributed by atoms with Crippen LogP contribution in [0.4, 0.5) is 4.39 Å². The molecule has 0 heterocycles. The monoisotopic (exact) mass is 216 g/mol. The Kier molecular flexibility index (Phi) is 3.47. The predicted octanol–water partition coefficient (Wildman–Crippen LogP) is 2.50. The topological polar surface area (TPSA) is 26.3 Å². The second-order valence-electron chi connectivity index (χ2n) is 2.94. The Labute approximate surface area is 86.6 Å². The van der Waals surface area contributed by atoms with Crippen LogP contribution in [0.15, 0.2) is 12.1 Å². The van der Waals surface area contributed by atoms with Gasteiger partial charge in [0.15, 0.2) is 0 Å². The fourth-order valence-corrected chi connectivity index (χ4v) is 1.43. The fraction of sp³-hybridized carbons (Fsp3) is 0.300. The van der Waals surface area contributed by atoms with E-state index in [1.54, 1.807) is 13.0 Å². The molecule has 0 aromatic heterocycles. The molecule has 2 nitrogen and oxygen atoms in total. The Hall–Kier alpha value is -1.09. The summed E-state index contributed by atoms with van der Waals surface area (Å²) in [4.78, 5) is 10.9. The van der Waals surface area contributed by atoms with E-state index in [9.17, 15) is 9.18 Å². The summed E-state index contributed by atoms with van der Waals surface area (Å²) in [7, 11) is 1.27. The van der Waals surface area contributed by atoms with Gasteiger partial charge in [0, 0.05) is 10.6 Å². The van der Waals surface area contributed by atoms with Crippen molar-refractivity contribution < 1.29 is 13.9 Å². The standard InChI is InChI=1S/C10H10ClFO2/c1-6-3-7(11)4-9(12)8(6)5-10(13)14-2/h3-4H,5H2,1-2H3. The van der Waals surface area contributed by atoms with Gasteiger partial charge in [0.1, 0.15) is 5.82 Å². The summed E-state index contributed by atoms with van der Waals surface area (Å²) in [6.07, 6.45) is -0.0642. The van der Waals surface area contributed by atoms with E-state index in [0.717, 1.165) is 0 Å². The Bertz CT molecular complexity index is 340. The SMILES string of the molecule is COC(=O)Cc1c(C)cc(Cl)cc1F. The van der Waals surface area contributed by atoms with Gasteiger partial charge in [-0.25, -0.2) is 4.39 Å². The van der Waals surface area contributed by atoms with Crippen molar-refractivity contribution in [3.8, 4) is 0 Å².